The molecule has 0 atom stereocenters. The monoisotopic (exact) mass is 320 g/mol. The van der Waals surface area contributed by atoms with Crippen LogP contribution in [0.2, 0.25) is 0 Å². The van der Waals surface area contributed by atoms with Crippen molar-refractivity contribution in [3.8, 4) is 5.75 Å². The zero-order valence-corrected chi connectivity index (χ0v) is 15.9. The van der Waals surface area contributed by atoms with E-state index in [0.717, 1.165) is 5.56 Å². The standard InChI is InChI=1S/C20H32O3/c1-9-20(10-2,17(21)22)23-16-12-11-14(18(3,4)5)13-15(16)19(6,7)8/h11-13H,9-10H2,1-8H3,(H,21,22). The molecule has 0 unspecified atom stereocenters. The van der Waals surface area contributed by atoms with Crippen LogP contribution in [0.5, 0.6) is 5.75 Å². The van der Waals surface area contributed by atoms with Gasteiger partial charge in [-0.2, -0.15) is 0 Å². The summed E-state index contributed by atoms with van der Waals surface area (Å²) in [6, 6.07) is 6.14. The van der Waals surface area contributed by atoms with Crippen molar-refractivity contribution in [3.05, 3.63) is 29.3 Å². The molecule has 3 nitrogen and oxygen atoms in total. The molecule has 0 radical (unpaired) electrons. The Kier molecular flexibility index (Phi) is 5.56. The second kappa shape index (κ2) is 6.54. The minimum Gasteiger partial charge on any atom is -0.478 e. The molecule has 0 amide bonds. The summed E-state index contributed by atoms with van der Waals surface area (Å²) in [5, 5.41) is 9.64. The summed E-state index contributed by atoms with van der Waals surface area (Å²) in [6.07, 6.45) is 0.868. The Hall–Kier alpha value is -1.51. The molecule has 0 fully saturated rings. The van der Waals surface area contributed by atoms with Crippen LogP contribution < -0.4 is 4.74 Å². The van der Waals surface area contributed by atoms with Gasteiger partial charge in [0.25, 0.3) is 0 Å². The molecular formula is C20H32O3. The number of hydrogen-bond donors (Lipinski definition) is 1. The number of hydrogen-bond acceptors (Lipinski definition) is 2. The fourth-order valence-electron chi connectivity index (χ4n) is 2.62. The molecule has 1 N–H and O–H groups in total. The Balaban J connectivity index is 3.45. The lowest BCUT2D eigenvalue weighted by molar-refractivity contribution is -0.156. The number of aliphatic carboxylic acids is 1. The van der Waals surface area contributed by atoms with Gasteiger partial charge in [0.2, 0.25) is 5.60 Å². The molecule has 3 heteroatoms. The second-order valence-corrected chi connectivity index (χ2v) is 8.32. The van der Waals surface area contributed by atoms with Gasteiger partial charge >= 0.3 is 5.97 Å². The molecule has 0 aliphatic heterocycles. The van der Waals surface area contributed by atoms with Crippen LogP contribution in [0.15, 0.2) is 18.2 Å². The van der Waals surface area contributed by atoms with Gasteiger partial charge < -0.3 is 9.84 Å². The number of ether oxygens (including phenoxy) is 1. The molecule has 0 aliphatic carbocycles. The van der Waals surface area contributed by atoms with E-state index in [9.17, 15) is 9.90 Å². The maximum absolute atomic E-state index is 11.8. The Morgan fingerprint density at radius 2 is 1.52 bits per heavy atom. The van der Waals surface area contributed by atoms with Crippen LogP contribution in [0.4, 0.5) is 0 Å². The van der Waals surface area contributed by atoms with Gasteiger partial charge in [0.15, 0.2) is 0 Å². The Labute approximate surface area is 141 Å². The van der Waals surface area contributed by atoms with Crippen molar-refractivity contribution >= 4 is 5.97 Å². The first-order chi connectivity index (χ1) is 10.4. The van der Waals surface area contributed by atoms with Crippen molar-refractivity contribution in [1.29, 1.82) is 0 Å². The van der Waals surface area contributed by atoms with Gasteiger partial charge in [-0.1, -0.05) is 67.5 Å². The van der Waals surface area contributed by atoms with E-state index in [1.807, 2.05) is 26.0 Å². The summed E-state index contributed by atoms with van der Waals surface area (Å²) in [4.78, 5) is 11.8. The summed E-state index contributed by atoms with van der Waals surface area (Å²) in [6.45, 7) is 16.6. The van der Waals surface area contributed by atoms with Crippen LogP contribution in [0.25, 0.3) is 0 Å². The minimum atomic E-state index is -1.16. The van der Waals surface area contributed by atoms with Gasteiger partial charge in [0, 0.05) is 0 Å². The maximum atomic E-state index is 11.8. The highest BCUT2D eigenvalue weighted by atomic mass is 16.5. The first-order valence-electron chi connectivity index (χ1n) is 8.45. The molecule has 0 aliphatic rings. The smallest absolute Gasteiger partial charge is 0.348 e. The van der Waals surface area contributed by atoms with Crippen molar-refractivity contribution < 1.29 is 14.6 Å². The van der Waals surface area contributed by atoms with Gasteiger partial charge in [-0.15, -0.1) is 0 Å². The third-order valence-corrected chi connectivity index (χ3v) is 4.49. The lowest BCUT2D eigenvalue weighted by atomic mass is 9.80. The largest absolute Gasteiger partial charge is 0.478 e. The van der Waals surface area contributed by atoms with Gasteiger partial charge in [-0.3, -0.25) is 0 Å². The van der Waals surface area contributed by atoms with E-state index in [1.54, 1.807) is 0 Å². The molecular weight excluding hydrogens is 288 g/mol. The quantitative estimate of drug-likeness (QED) is 0.800. The number of carbonyl (C=O) groups is 1. The maximum Gasteiger partial charge on any atom is 0.348 e. The zero-order valence-electron chi connectivity index (χ0n) is 15.9. The van der Waals surface area contributed by atoms with Crippen LogP contribution in [-0.2, 0) is 15.6 Å². The van der Waals surface area contributed by atoms with Crippen molar-refractivity contribution in [2.45, 2.75) is 84.7 Å². The second-order valence-electron chi connectivity index (χ2n) is 8.32. The molecule has 130 valence electrons. The van der Waals surface area contributed by atoms with Crippen LogP contribution >= 0.6 is 0 Å². The summed E-state index contributed by atoms with van der Waals surface area (Å²) >= 11 is 0. The van der Waals surface area contributed by atoms with Crippen LogP contribution in [0.3, 0.4) is 0 Å². The van der Waals surface area contributed by atoms with E-state index in [-0.39, 0.29) is 10.8 Å². The van der Waals surface area contributed by atoms with E-state index in [0.29, 0.717) is 18.6 Å². The Bertz CT molecular complexity index is 555. The normalized spacial score (nSPS) is 13.0. The van der Waals surface area contributed by atoms with E-state index in [4.69, 9.17) is 4.74 Å². The van der Waals surface area contributed by atoms with Crippen LogP contribution in [0, 0.1) is 0 Å². The molecule has 0 bridgehead atoms. The number of benzene rings is 1. The first-order valence-corrected chi connectivity index (χ1v) is 8.45. The van der Waals surface area contributed by atoms with Gasteiger partial charge in [-0.25, -0.2) is 4.79 Å². The predicted octanol–water partition coefficient (Wildman–Crippen LogP) is 5.30. The molecule has 0 saturated carbocycles. The topological polar surface area (TPSA) is 46.5 Å². The molecule has 0 saturated heterocycles. The van der Waals surface area contributed by atoms with Gasteiger partial charge in [-0.05, 0) is 40.9 Å². The highest BCUT2D eigenvalue weighted by molar-refractivity contribution is 5.78. The van der Waals surface area contributed by atoms with E-state index >= 15 is 0 Å². The number of rotatable bonds is 5. The van der Waals surface area contributed by atoms with E-state index < -0.39 is 11.6 Å². The Morgan fingerprint density at radius 1 is 1.00 bits per heavy atom. The Morgan fingerprint density at radius 3 is 1.87 bits per heavy atom. The molecule has 1 rings (SSSR count). The average molecular weight is 320 g/mol. The van der Waals surface area contributed by atoms with Crippen molar-refractivity contribution in [2.24, 2.45) is 0 Å². The predicted molar refractivity (Wildman–Crippen MR) is 95.4 cm³/mol. The van der Waals surface area contributed by atoms with E-state index in [2.05, 4.69) is 47.6 Å². The van der Waals surface area contributed by atoms with E-state index in [1.165, 1.54) is 5.56 Å². The first kappa shape index (κ1) is 19.5. The van der Waals surface area contributed by atoms with Crippen LogP contribution in [-0.4, -0.2) is 16.7 Å². The van der Waals surface area contributed by atoms with Gasteiger partial charge in [0.05, 0.1) is 0 Å². The highest BCUT2D eigenvalue weighted by Crippen LogP contribution is 2.38. The summed E-state index contributed by atoms with van der Waals surface area (Å²) in [5.74, 6) is -0.223. The third-order valence-electron chi connectivity index (χ3n) is 4.49. The molecule has 23 heavy (non-hydrogen) atoms. The summed E-state index contributed by atoms with van der Waals surface area (Å²) in [5.41, 5.74) is 1.03. The van der Waals surface area contributed by atoms with Crippen LogP contribution in [0.1, 0.15) is 79.4 Å². The van der Waals surface area contributed by atoms with Crippen molar-refractivity contribution in [3.63, 3.8) is 0 Å². The SMILES string of the molecule is CCC(CC)(Oc1ccc(C(C)(C)C)cc1C(C)(C)C)C(=O)O. The molecule has 1 aromatic rings. The fourth-order valence-corrected chi connectivity index (χ4v) is 2.62. The highest BCUT2D eigenvalue weighted by Gasteiger charge is 2.38. The molecule has 0 spiro atoms. The lowest BCUT2D eigenvalue weighted by Crippen LogP contribution is -2.44. The number of carboxylic acids is 1. The molecule has 0 aromatic heterocycles. The fraction of sp³-hybridized carbons (Fsp3) is 0.650. The summed E-state index contributed by atoms with van der Waals surface area (Å²) < 4.78 is 6.09. The van der Waals surface area contributed by atoms with Crippen molar-refractivity contribution in [2.75, 3.05) is 0 Å². The lowest BCUT2D eigenvalue weighted by Gasteiger charge is -2.33. The molecule has 0 heterocycles. The minimum absolute atomic E-state index is 0.0396. The van der Waals surface area contributed by atoms with Gasteiger partial charge in [0.1, 0.15) is 5.75 Å². The van der Waals surface area contributed by atoms with Crippen molar-refractivity contribution in [1.82, 2.24) is 0 Å². The average Bonchev–Trinajstić information content (AvgIpc) is 2.42. The zero-order chi connectivity index (χ0) is 18.1. The number of carboxylic acid groups (broad SMARTS) is 1. The molecule has 1 aromatic carbocycles. The summed E-state index contributed by atoms with van der Waals surface area (Å²) in [7, 11) is 0. The third kappa shape index (κ3) is 4.27.